The van der Waals surface area contributed by atoms with Gasteiger partial charge in [0.05, 0.1) is 0 Å². The minimum atomic E-state index is 0.419. The molecule has 0 bridgehead atoms. The van der Waals surface area contributed by atoms with Gasteiger partial charge in [-0.25, -0.2) is 0 Å². The van der Waals surface area contributed by atoms with Gasteiger partial charge in [-0.05, 0) is 52.0 Å². The van der Waals surface area contributed by atoms with Gasteiger partial charge < -0.3 is 4.90 Å². The van der Waals surface area contributed by atoms with Crippen molar-refractivity contribution in [3.63, 3.8) is 0 Å². The quantitative estimate of drug-likeness (QED) is 0.487. The molecule has 0 atom stereocenters. The summed E-state index contributed by atoms with van der Waals surface area (Å²) in [6, 6.07) is 0. The Morgan fingerprint density at radius 2 is 1.60 bits per heavy atom. The molecular weight excluding hydrogens is 141 g/mol. The van der Waals surface area contributed by atoms with E-state index < -0.39 is 0 Å². The third kappa shape index (κ3) is 2.98. The van der Waals surface area contributed by atoms with E-state index in [1.807, 2.05) is 0 Å². The summed E-state index contributed by atoms with van der Waals surface area (Å²) in [7, 11) is 2.66. The Morgan fingerprint density at radius 3 is 2.10 bits per heavy atom. The zero-order chi connectivity index (χ0) is 7.40. The predicted molar refractivity (Wildman–Crippen MR) is 49.3 cm³/mol. The highest BCUT2D eigenvalue weighted by atomic mass is 31.1. The van der Waals surface area contributed by atoms with Crippen molar-refractivity contribution in [1.82, 2.24) is 4.90 Å². The molecule has 2 heteroatoms. The first kappa shape index (κ1) is 8.49. The number of nitrogens with zero attached hydrogens (tertiary/aromatic N) is 1. The first-order chi connectivity index (χ1) is 4.79. The van der Waals surface area contributed by atoms with Gasteiger partial charge in [0, 0.05) is 0 Å². The molecule has 0 saturated carbocycles. The summed E-state index contributed by atoms with van der Waals surface area (Å²) in [5.74, 6) is 0. The van der Waals surface area contributed by atoms with Crippen molar-refractivity contribution < 1.29 is 0 Å². The standard InChI is InChI=1S/C8H18NP/c1-9-5-3-7-10(2)8-4-6-9/h3-8H2,1-2H3. The van der Waals surface area contributed by atoms with E-state index in [1.54, 1.807) is 0 Å². The van der Waals surface area contributed by atoms with Crippen molar-refractivity contribution in [2.45, 2.75) is 12.8 Å². The molecule has 1 aliphatic rings. The maximum atomic E-state index is 2.46. The number of hydrogen-bond acceptors (Lipinski definition) is 1. The first-order valence-electron chi connectivity index (χ1n) is 4.16. The summed E-state index contributed by atoms with van der Waals surface area (Å²) in [5.41, 5.74) is 0. The molecule has 60 valence electrons. The van der Waals surface area contributed by atoms with Gasteiger partial charge in [-0.2, -0.15) is 0 Å². The van der Waals surface area contributed by atoms with Crippen molar-refractivity contribution in [2.24, 2.45) is 0 Å². The molecule has 1 rings (SSSR count). The summed E-state index contributed by atoms with van der Waals surface area (Å²) in [6.45, 7) is 5.10. The fourth-order valence-corrected chi connectivity index (χ4v) is 3.03. The Morgan fingerprint density at radius 1 is 1.10 bits per heavy atom. The monoisotopic (exact) mass is 159 g/mol. The number of hydrogen-bond donors (Lipinski definition) is 0. The van der Waals surface area contributed by atoms with E-state index in [2.05, 4.69) is 18.6 Å². The van der Waals surface area contributed by atoms with E-state index in [9.17, 15) is 0 Å². The SMILES string of the molecule is CN1CCCP(C)CCC1. The lowest BCUT2D eigenvalue weighted by molar-refractivity contribution is 0.334. The number of rotatable bonds is 0. The Labute approximate surface area is 65.5 Å². The first-order valence-corrected chi connectivity index (χ1v) is 6.32. The summed E-state index contributed by atoms with van der Waals surface area (Å²) < 4.78 is 0. The van der Waals surface area contributed by atoms with Crippen LogP contribution in [0, 0.1) is 0 Å². The molecule has 1 nitrogen and oxygen atoms in total. The van der Waals surface area contributed by atoms with E-state index in [0.29, 0.717) is 7.92 Å². The molecule has 0 aliphatic carbocycles. The minimum absolute atomic E-state index is 0.419. The maximum absolute atomic E-state index is 2.46. The molecule has 0 unspecified atom stereocenters. The van der Waals surface area contributed by atoms with Crippen molar-refractivity contribution in [3.8, 4) is 0 Å². The summed E-state index contributed by atoms with van der Waals surface area (Å²) in [6.07, 6.45) is 5.86. The average molecular weight is 159 g/mol. The van der Waals surface area contributed by atoms with Crippen LogP contribution < -0.4 is 0 Å². The topological polar surface area (TPSA) is 3.24 Å². The zero-order valence-electron chi connectivity index (χ0n) is 7.14. The molecule has 1 heterocycles. The van der Waals surface area contributed by atoms with E-state index in [0.717, 1.165) is 0 Å². The fourth-order valence-electron chi connectivity index (χ4n) is 1.44. The Kier molecular flexibility index (Phi) is 3.65. The van der Waals surface area contributed by atoms with Crippen LogP contribution in [0.25, 0.3) is 0 Å². The predicted octanol–water partition coefficient (Wildman–Crippen LogP) is 1.82. The summed E-state index contributed by atoms with van der Waals surface area (Å²) >= 11 is 0. The van der Waals surface area contributed by atoms with Gasteiger partial charge in [0.2, 0.25) is 0 Å². The molecule has 0 aromatic heterocycles. The highest BCUT2D eigenvalue weighted by Gasteiger charge is 2.07. The lowest BCUT2D eigenvalue weighted by Gasteiger charge is -2.22. The average Bonchev–Trinajstić information content (AvgIpc) is 1.84. The second-order valence-electron chi connectivity index (χ2n) is 3.31. The minimum Gasteiger partial charge on any atom is -0.306 e. The second-order valence-corrected chi connectivity index (χ2v) is 5.92. The van der Waals surface area contributed by atoms with Crippen molar-refractivity contribution in [1.29, 1.82) is 0 Å². The molecular formula is C8H18NP. The molecule has 0 aromatic rings. The van der Waals surface area contributed by atoms with Gasteiger partial charge in [-0.3, -0.25) is 0 Å². The summed E-state index contributed by atoms with van der Waals surface area (Å²) in [5, 5.41) is 0. The highest BCUT2D eigenvalue weighted by Crippen LogP contribution is 2.32. The van der Waals surface area contributed by atoms with Crippen LogP contribution in [0.2, 0.25) is 0 Å². The van der Waals surface area contributed by atoms with E-state index >= 15 is 0 Å². The lowest BCUT2D eigenvalue weighted by atomic mass is 10.4. The highest BCUT2D eigenvalue weighted by molar-refractivity contribution is 7.56. The largest absolute Gasteiger partial charge is 0.306 e. The molecule has 0 amide bonds. The smallest absolute Gasteiger partial charge is 0.00184 e. The Bertz CT molecular complexity index is 75.3. The van der Waals surface area contributed by atoms with Crippen molar-refractivity contribution >= 4 is 7.92 Å². The summed E-state index contributed by atoms with van der Waals surface area (Å²) in [4.78, 5) is 2.46. The van der Waals surface area contributed by atoms with Crippen LogP contribution in [0.3, 0.4) is 0 Å². The van der Waals surface area contributed by atoms with Crippen LogP contribution in [0.15, 0.2) is 0 Å². The molecule has 1 saturated heterocycles. The maximum Gasteiger partial charge on any atom is -0.00184 e. The van der Waals surface area contributed by atoms with Gasteiger partial charge >= 0.3 is 0 Å². The Balaban J connectivity index is 2.21. The van der Waals surface area contributed by atoms with Crippen LogP contribution >= 0.6 is 7.92 Å². The second kappa shape index (κ2) is 4.31. The van der Waals surface area contributed by atoms with Crippen molar-refractivity contribution in [2.75, 3.05) is 39.1 Å². The van der Waals surface area contributed by atoms with Crippen LogP contribution in [0.5, 0.6) is 0 Å². The molecule has 10 heavy (non-hydrogen) atoms. The molecule has 1 aliphatic heterocycles. The molecule has 0 radical (unpaired) electrons. The zero-order valence-corrected chi connectivity index (χ0v) is 8.03. The van der Waals surface area contributed by atoms with Gasteiger partial charge in [0.15, 0.2) is 0 Å². The van der Waals surface area contributed by atoms with Gasteiger partial charge in [0.25, 0.3) is 0 Å². The van der Waals surface area contributed by atoms with Crippen LogP contribution in [-0.2, 0) is 0 Å². The molecule has 0 spiro atoms. The Hall–Kier alpha value is 0.390. The van der Waals surface area contributed by atoms with Crippen LogP contribution in [0.4, 0.5) is 0 Å². The normalized spacial score (nSPS) is 25.8. The molecule has 0 N–H and O–H groups in total. The molecule has 1 fully saturated rings. The van der Waals surface area contributed by atoms with Gasteiger partial charge in [-0.1, -0.05) is 0 Å². The third-order valence-electron chi connectivity index (χ3n) is 2.16. The van der Waals surface area contributed by atoms with E-state index in [1.165, 1.54) is 38.3 Å². The van der Waals surface area contributed by atoms with E-state index in [4.69, 9.17) is 0 Å². The van der Waals surface area contributed by atoms with Crippen LogP contribution in [-0.4, -0.2) is 44.0 Å². The third-order valence-corrected chi connectivity index (χ3v) is 4.32. The van der Waals surface area contributed by atoms with Crippen LogP contribution in [0.1, 0.15) is 12.8 Å². The lowest BCUT2D eigenvalue weighted by Crippen LogP contribution is -2.23. The van der Waals surface area contributed by atoms with Gasteiger partial charge in [0.1, 0.15) is 0 Å². The fraction of sp³-hybridized carbons (Fsp3) is 1.00. The van der Waals surface area contributed by atoms with Gasteiger partial charge in [-0.15, -0.1) is 7.92 Å². The van der Waals surface area contributed by atoms with Crippen molar-refractivity contribution in [3.05, 3.63) is 0 Å². The van der Waals surface area contributed by atoms with E-state index in [-0.39, 0.29) is 0 Å². The molecule has 0 aromatic carbocycles.